The van der Waals surface area contributed by atoms with Gasteiger partial charge in [-0.2, -0.15) is 0 Å². The molecule has 2 amide bonds. The van der Waals surface area contributed by atoms with Crippen LogP contribution in [0.5, 0.6) is 0 Å². The Morgan fingerprint density at radius 2 is 1.93 bits per heavy atom. The van der Waals surface area contributed by atoms with Crippen LogP contribution in [0.1, 0.15) is 49.4 Å². The van der Waals surface area contributed by atoms with Gasteiger partial charge in [-0.1, -0.05) is 29.6 Å². The normalized spacial score (nSPS) is 12.3. The number of nitrogens with one attached hydrogen (secondary N) is 1. The van der Waals surface area contributed by atoms with E-state index in [1.54, 1.807) is 24.3 Å². The van der Waals surface area contributed by atoms with Gasteiger partial charge in [0.05, 0.1) is 11.4 Å². The van der Waals surface area contributed by atoms with Crippen molar-refractivity contribution in [1.29, 1.82) is 0 Å². The van der Waals surface area contributed by atoms with E-state index < -0.39 is 29.2 Å². The molecule has 3 aromatic rings. The predicted molar refractivity (Wildman–Crippen MR) is 113 cm³/mol. The minimum absolute atomic E-state index is 0.0201. The van der Waals surface area contributed by atoms with Crippen LogP contribution < -0.4 is 10.2 Å². The van der Waals surface area contributed by atoms with Crippen LogP contribution in [0.2, 0.25) is 0 Å². The highest BCUT2D eigenvalue weighted by molar-refractivity contribution is 7.03. The molecule has 1 N–H and O–H groups in total. The molecule has 30 heavy (non-hydrogen) atoms. The minimum Gasteiger partial charge on any atom is -0.349 e. The Balaban J connectivity index is 2.17. The van der Waals surface area contributed by atoms with E-state index in [0.717, 1.165) is 16.4 Å². The average Bonchev–Trinajstić information content (AvgIpc) is 3.27. The van der Waals surface area contributed by atoms with E-state index in [0.29, 0.717) is 12.1 Å². The van der Waals surface area contributed by atoms with E-state index in [2.05, 4.69) is 19.9 Å². The van der Waals surface area contributed by atoms with Gasteiger partial charge in [0.25, 0.3) is 5.91 Å². The zero-order valence-electron chi connectivity index (χ0n) is 16.9. The van der Waals surface area contributed by atoms with E-state index >= 15 is 0 Å². The van der Waals surface area contributed by atoms with Gasteiger partial charge < -0.3 is 5.32 Å². The molecule has 0 aliphatic rings. The maximum Gasteiger partial charge on any atom is 0.280 e. The van der Waals surface area contributed by atoms with E-state index in [9.17, 15) is 14.0 Å². The third kappa shape index (κ3) is 4.68. The minimum atomic E-state index is -1.21. The average molecular weight is 428 g/mol. The Hall–Kier alpha value is -3.20. The van der Waals surface area contributed by atoms with Crippen molar-refractivity contribution in [3.05, 3.63) is 71.2 Å². The number of carbonyl (C=O) groups excluding carboxylic acids is 2. The number of carbonyl (C=O) groups is 2. The number of benzene rings is 1. The molecule has 0 aliphatic carbocycles. The van der Waals surface area contributed by atoms with Crippen molar-refractivity contribution in [3.63, 3.8) is 0 Å². The van der Waals surface area contributed by atoms with Gasteiger partial charge in [-0.25, -0.2) is 4.39 Å². The first kappa shape index (κ1) is 21.5. The van der Waals surface area contributed by atoms with Gasteiger partial charge in [0.1, 0.15) is 5.82 Å². The monoisotopic (exact) mass is 427 g/mol. The summed E-state index contributed by atoms with van der Waals surface area (Å²) in [5, 5.41) is 8.22. The maximum atomic E-state index is 14.8. The topological polar surface area (TPSA) is 88.1 Å². The summed E-state index contributed by atoms with van der Waals surface area (Å²) >= 11 is 0.996. The van der Waals surface area contributed by atoms with Crippen molar-refractivity contribution in [1.82, 2.24) is 19.9 Å². The smallest absolute Gasteiger partial charge is 0.280 e. The van der Waals surface area contributed by atoms with Crippen molar-refractivity contribution in [2.75, 3.05) is 4.90 Å². The van der Waals surface area contributed by atoms with Crippen molar-refractivity contribution in [2.45, 2.75) is 38.8 Å². The number of para-hydroxylation sites is 1. The van der Waals surface area contributed by atoms with Crippen LogP contribution in [-0.4, -0.2) is 31.9 Å². The van der Waals surface area contributed by atoms with Crippen molar-refractivity contribution in [3.8, 4) is 0 Å². The molecule has 3 rings (SSSR count). The summed E-state index contributed by atoms with van der Waals surface area (Å²) in [6.07, 6.45) is 2.19. The molecule has 0 radical (unpaired) electrons. The van der Waals surface area contributed by atoms with Gasteiger partial charge >= 0.3 is 0 Å². The molecule has 1 atom stereocenters. The Bertz CT molecular complexity index is 1010. The van der Waals surface area contributed by atoms with E-state index in [1.807, 2.05) is 20.8 Å². The number of amides is 2. The lowest BCUT2D eigenvalue weighted by molar-refractivity contribution is -0.124. The number of hydrogen-bond donors (Lipinski definition) is 1. The van der Waals surface area contributed by atoms with E-state index in [1.165, 1.54) is 29.8 Å². The summed E-state index contributed by atoms with van der Waals surface area (Å²) in [6.45, 7) is 5.69. The van der Waals surface area contributed by atoms with Crippen molar-refractivity contribution >= 4 is 29.0 Å². The fourth-order valence-corrected chi connectivity index (χ4v) is 3.24. The van der Waals surface area contributed by atoms with Gasteiger partial charge in [-0.3, -0.25) is 19.5 Å². The van der Waals surface area contributed by atoms with Crippen LogP contribution in [0.3, 0.4) is 0 Å². The molecule has 156 valence electrons. The number of nitrogens with zero attached hydrogens (tertiary/aromatic N) is 4. The predicted octanol–water partition coefficient (Wildman–Crippen LogP) is 3.77. The molecule has 0 saturated heterocycles. The second kappa shape index (κ2) is 9.08. The number of anilines is 1. The molecule has 0 spiro atoms. The van der Waals surface area contributed by atoms with Crippen LogP contribution in [0.4, 0.5) is 10.1 Å². The van der Waals surface area contributed by atoms with Gasteiger partial charge in [0.2, 0.25) is 5.91 Å². The molecule has 0 saturated carbocycles. The standard InChI is InChI=1S/C21H22FN5O2S/c1-4-21(2,3)24-19(28)18(15-10-7-8-12-23-15)27(17-11-6-5-9-14(17)22)20(29)16-13-30-26-25-16/h5-13,18H,4H2,1-3H3,(H,24,28). The Labute approximate surface area is 178 Å². The Morgan fingerprint density at radius 3 is 2.53 bits per heavy atom. The van der Waals surface area contributed by atoms with Crippen molar-refractivity contribution in [2.24, 2.45) is 0 Å². The number of rotatable bonds is 7. The van der Waals surface area contributed by atoms with Crippen molar-refractivity contribution < 1.29 is 14.0 Å². The lowest BCUT2D eigenvalue weighted by atomic mass is 10.00. The second-order valence-corrected chi connectivity index (χ2v) is 7.91. The molecule has 0 fully saturated rings. The third-order valence-corrected chi connectivity index (χ3v) is 5.23. The van der Waals surface area contributed by atoms with Gasteiger partial charge in [-0.15, -0.1) is 5.10 Å². The Morgan fingerprint density at radius 1 is 1.20 bits per heavy atom. The summed E-state index contributed by atoms with van der Waals surface area (Å²) in [4.78, 5) is 32.2. The third-order valence-electron chi connectivity index (χ3n) is 4.73. The molecule has 1 unspecified atom stereocenters. The highest BCUT2D eigenvalue weighted by Gasteiger charge is 2.38. The zero-order chi connectivity index (χ0) is 21.7. The molecule has 0 aliphatic heterocycles. The SMILES string of the molecule is CCC(C)(C)NC(=O)C(c1ccccn1)N(C(=O)c1csnn1)c1ccccc1F. The molecule has 9 heteroatoms. The number of aromatic nitrogens is 3. The Kier molecular flexibility index (Phi) is 6.51. The quantitative estimate of drug-likeness (QED) is 0.620. The molecule has 2 aromatic heterocycles. The summed E-state index contributed by atoms with van der Waals surface area (Å²) in [6, 6.07) is 9.63. The van der Waals surface area contributed by atoms with Crippen LogP contribution in [0.25, 0.3) is 0 Å². The first-order chi connectivity index (χ1) is 14.3. The summed E-state index contributed by atoms with van der Waals surface area (Å²) < 4.78 is 18.5. The lowest BCUT2D eigenvalue weighted by Crippen LogP contribution is -2.51. The molecule has 1 aromatic carbocycles. The van der Waals surface area contributed by atoms with Crippen LogP contribution in [0.15, 0.2) is 54.0 Å². The number of halogens is 1. The largest absolute Gasteiger partial charge is 0.349 e. The summed E-state index contributed by atoms with van der Waals surface area (Å²) in [5.74, 6) is -1.76. The van der Waals surface area contributed by atoms with E-state index in [-0.39, 0.29) is 11.4 Å². The zero-order valence-corrected chi connectivity index (χ0v) is 17.7. The fraction of sp³-hybridized carbons (Fsp3) is 0.286. The number of hydrogen-bond acceptors (Lipinski definition) is 6. The van der Waals surface area contributed by atoms with Crippen LogP contribution in [0, 0.1) is 5.82 Å². The molecule has 2 heterocycles. The number of pyridine rings is 1. The molecule has 0 bridgehead atoms. The fourth-order valence-electron chi connectivity index (χ4n) is 2.81. The highest BCUT2D eigenvalue weighted by atomic mass is 32.1. The van der Waals surface area contributed by atoms with Gasteiger partial charge in [0.15, 0.2) is 11.7 Å². The first-order valence-corrected chi connectivity index (χ1v) is 10.3. The van der Waals surface area contributed by atoms with Gasteiger partial charge in [-0.05, 0) is 56.1 Å². The summed E-state index contributed by atoms with van der Waals surface area (Å²) in [5.41, 5.74) is -0.250. The maximum absolute atomic E-state index is 14.8. The van der Waals surface area contributed by atoms with Crippen LogP contribution >= 0.6 is 11.5 Å². The molecular weight excluding hydrogens is 405 g/mol. The highest BCUT2D eigenvalue weighted by Crippen LogP contribution is 2.31. The molecular formula is C21H22FN5O2S. The molecule has 7 nitrogen and oxygen atoms in total. The summed E-state index contributed by atoms with van der Waals surface area (Å²) in [7, 11) is 0. The van der Waals surface area contributed by atoms with E-state index in [4.69, 9.17) is 0 Å². The first-order valence-electron chi connectivity index (χ1n) is 9.42. The second-order valence-electron chi connectivity index (χ2n) is 7.30. The van der Waals surface area contributed by atoms with Gasteiger partial charge in [0, 0.05) is 17.1 Å². The lowest BCUT2D eigenvalue weighted by Gasteiger charge is -2.33. The van der Waals surface area contributed by atoms with Crippen LogP contribution in [-0.2, 0) is 4.79 Å².